The van der Waals surface area contributed by atoms with E-state index < -0.39 is 11.9 Å². The molecule has 0 fully saturated rings. The van der Waals surface area contributed by atoms with Crippen LogP contribution in [-0.2, 0) is 9.59 Å². The normalized spacial score (nSPS) is 6.33. The van der Waals surface area contributed by atoms with Crippen LogP contribution < -0.4 is 0 Å². The van der Waals surface area contributed by atoms with Crippen molar-refractivity contribution in [3.8, 4) is 0 Å². The second-order valence-corrected chi connectivity index (χ2v) is 1.07. The molecule has 9 heavy (non-hydrogen) atoms. The summed E-state index contributed by atoms with van der Waals surface area (Å²) in [6.07, 6.45) is 0. The van der Waals surface area contributed by atoms with Crippen molar-refractivity contribution < 1.29 is 19.8 Å². The Hall–Kier alpha value is -1.03. The van der Waals surface area contributed by atoms with Gasteiger partial charge in [0.1, 0.15) is 0 Å². The summed E-state index contributed by atoms with van der Waals surface area (Å²) < 4.78 is 0. The number of hydrogen-bond acceptors (Lipinski definition) is 2. The molecule has 0 spiro atoms. The lowest BCUT2D eigenvalue weighted by molar-refractivity contribution is -0.159. The zero-order valence-electron chi connectivity index (χ0n) is 4.37. The first-order valence-electron chi connectivity index (χ1n) is 1.73. The van der Waals surface area contributed by atoms with Gasteiger partial charge in [-0.3, -0.25) is 0 Å². The van der Waals surface area contributed by atoms with Crippen LogP contribution in [0.1, 0.15) is 0 Å². The van der Waals surface area contributed by atoms with E-state index in [0.717, 1.165) is 0 Å². The van der Waals surface area contributed by atoms with Crippen molar-refractivity contribution in [1.29, 1.82) is 0 Å². The summed E-state index contributed by atoms with van der Waals surface area (Å²) in [5.41, 5.74) is 1.22. The molecule has 4 nitrogen and oxygen atoms in total. The van der Waals surface area contributed by atoms with Crippen LogP contribution in [0, 0.1) is 0 Å². The molecule has 52 valence electrons. The fraction of sp³-hybridized carbons (Fsp3) is 0. The summed E-state index contributed by atoms with van der Waals surface area (Å²) in [4.78, 5) is 18.2. The van der Waals surface area contributed by atoms with E-state index in [2.05, 4.69) is 6.58 Å². The molecule has 0 rings (SSSR count). The maximum atomic E-state index is 9.10. The maximum Gasteiger partial charge on any atom is 0.414 e. The lowest BCUT2D eigenvalue weighted by Crippen LogP contribution is -2.09. The van der Waals surface area contributed by atoms with Gasteiger partial charge in [0, 0.05) is 0 Å². The fourth-order valence-electron chi connectivity index (χ4n) is 0. The lowest BCUT2D eigenvalue weighted by Gasteiger charge is -1.72. The molecule has 0 unspecified atom stereocenters. The molecule has 0 aliphatic heterocycles. The summed E-state index contributed by atoms with van der Waals surface area (Å²) in [5.74, 6) is -3.65. The summed E-state index contributed by atoms with van der Waals surface area (Å²) in [7, 11) is 0. The lowest BCUT2D eigenvalue weighted by atomic mass is 10.7. The van der Waals surface area contributed by atoms with Gasteiger partial charge in [0.05, 0.1) is 0 Å². The van der Waals surface area contributed by atoms with Crippen LogP contribution in [0.15, 0.2) is 12.1 Å². The molecule has 0 heterocycles. The van der Waals surface area contributed by atoms with Gasteiger partial charge in [0.15, 0.2) is 0 Å². The van der Waals surface area contributed by atoms with Gasteiger partial charge in [0.25, 0.3) is 0 Å². The molecule has 0 amide bonds. The molecular formula is C4H5ClO4. The van der Waals surface area contributed by atoms with E-state index in [9.17, 15) is 0 Å². The Bertz CT molecular complexity index is 108. The quantitative estimate of drug-likeness (QED) is 0.497. The standard InChI is InChI=1S/C2H3Cl.C2H2O4/c1-2-3;3-1(4)2(5)6/h2H,1H2;(H,3,4)(H,5,6). The van der Waals surface area contributed by atoms with Gasteiger partial charge in [0.2, 0.25) is 0 Å². The second kappa shape index (κ2) is 6.97. The van der Waals surface area contributed by atoms with Gasteiger partial charge in [-0.05, 0) is 5.54 Å². The fourth-order valence-corrected chi connectivity index (χ4v) is 0. The number of carboxylic acids is 2. The molecule has 0 aliphatic carbocycles. The average Bonchev–Trinajstić information content (AvgIpc) is 1.68. The zero-order chi connectivity index (χ0) is 7.86. The second-order valence-electron chi connectivity index (χ2n) is 0.765. The predicted molar refractivity (Wildman–Crippen MR) is 31.3 cm³/mol. The highest BCUT2D eigenvalue weighted by Gasteiger charge is 2.04. The maximum absolute atomic E-state index is 9.10. The van der Waals surface area contributed by atoms with Gasteiger partial charge in [-0.25, -0.2) is 9.59 Å². The van der Waals surface area contributed by atoms with Crippen molar-refractivity contribution >= 4 is 23.5 Å². The third-order valence-electron chi connectivity index (χ3n) is 0.183. The molecule has 0 aromatic heterocycles. The van der Waals surface area contributed by atoms with E-state index >= 15 is 0 Å². The Balaban J connectivity index is 0. The number of hydrogen-bond donors (Lipinski definition) is 2. The number of halogens is 1. The minimum atomic E-state index is -1.82. The first-order valence-corrected chi connectivity index (χ1v) is 2.17. The molecule has 5 heteroatoms. The van der Waals surface area contributed by atoms with Crippen molar-refractivity contribution in [2.24, 2.45) is 0 Å². The van der Waals surface area contributed by atoms with Gasteiger partial charge in [-0.2, -0.15) is 0 Å². The molecule has 0 atom stereocenters. The van der Waals surface area contributed by atoms with Crippen LogP contribution in [0.4, 0.5) is 0 Å². The van der Waals surface area contributed by atoms with Gasteiger partial charge in [-0.1, -0.05) is 18.2 Å². The predicted octanol–water partition coefficient (Wildman–Crippen LogP) is 0.524. The van der Waals surface area contributed by atoms with Crippen LogP contribution in [0.5, 0.6) is 0 Å². The largest absolute Gasteiger partial charge is 0.473 e. The summed E-state index contributed by atoms with van der Waals surface area (Å²) in [6, 6.07) is 0. The number of carboxylic acid groups (broad SMARTS) is 2. The Kier molecular flexibility index (Phi) is 8.41. The smallest absolute Gasteiger partial charge is 0.414 e. The van der Waals surface area contributed by atoms with Crippen LogP contribution in [0.25, 0.3) is 0 Å². The molecule has 0 radical (unpaired) electrons. The van der Waals surface area contributed by atoms with E-state index in [0.29, 0.717) is 0 Å². The molecule has 2 N–H and O–H groups in total. The van der Waals surface area contributed by atoms with Crippen LogP contribution in [-0.4, -0.2) is 22.2 Å². The number of rotatable bonds is 0. The molecule has 0 aliphatic rings. The molecular weight excluding hydrogens is 147 g/mol. The number of aliphatic carboxylic acids is 2. The highest BCUT2D eigenvalue weighted by atomic mass is 35.5. The molecule has 0 saturated carbocycles. The van der Waals surface area contributed by atoms with Crippen LogP contribution in [0.3, 0.4) is 0 Å². The summed E-state index contributed by atoms with van der Waals surface area (Å²) in [5, 5.41) is 14.8. The molecule has 0 saturated heterocycles. The van der Waals surface area contributed by atoms with Crippen molar-refractivity contribution in [3.05, 3.63) is 12.1 Å². The average molecular weight is 153 g/mol. The van der Waals surface area contributed by atoms with Crippen molar-refractivity contribution in [3.63, 3.8) is 0 Å². The van der Waals surface area contributed by atoms with Gasteiger partial charge < -0.3 is 10.2 Å². The van der Waals surface area contributed by atoms with E-state index in [1.807, 2.05) is 0 Å². The first kappa shape index (κ1) is 10.9. The van der Waals surface area contributed by atoms with E-state index in [1.54, 1.807) is 0 Å². The van der Waals surface area contributed by atoms with Gasteiger partial charge >= 0.3 is 11.9 Å². The van der Waals surface area contributed by atoms with E-state index in [4.69, 9.17) is 31.4 Å². The Labute approximate surface area is 56.4 Å². The Morgan fingerprint density at radius 1 is 1.33 bits per heavy atom. The SMILES string of the molecule is C=CCl.O=C(O)C(=O)O. The zero-order valence-corrected chi connectivity index (χ0v) is 5.13. The molecule has 0 aromatic rings. The van der Waals surface area contributed by atoms with Crippen LogP contribution >= 0.6 is 11.6 Å². The van der Waals surface area contributed by atoms with Crippen molar-refractivity contribution in [2.75, 3.05) is 0 Å². The highest BCUT2D eigenvalue weighted by Crippen LogP contribution is 1.60. The monoisotopic (exact) mass is 152 g/mol. The third kappa shape index (κ3) is 19.5. The number of carbonyl (C=O) groups is 2. The minimum absolute atomic E-state index is 1.22. The summed E-state index contributed by atoms with van der Waals surface area (Å²) in [6.45, 7) is 3.13. The minimum Gasteiger partial charge on any atom is -0.473 e. The van der Waals surface area contributed by atoms with E-state index in [1.165, 1.54) is 5.54 Å². The topological polar surface area (TPSA) is 74.6 Å². The van der Waals surface area contributed by atoms with Crippen LogP contribution in [0.2, 0.25) is 0 Å². The Morgan fingerprint density at radius 2 is 1.44 bits per heavy atom. The van der Waals surface area contributed by atoms with E-state index in [-0.39, 0.29) is 0 Å². The first-order chi connectivity index (χ1) is 4.06. The summed E-state index contributed by atoms with van der Waals surface area (Å²) >= 11 is 4.76. The van der Waals surface area contributed by atoms with Gasteiger partial charge in [-0.15, -0.1) is 0 Å². The van der Waals surface area contributed by atoms with Crippen molar-refractivity contribution in [1.82, 2.24) is 0 Å². The van der Waals surface area contributed by atoms with Crippen molar-refractivity contribution in [2.45, 2.75) is 0 Å². The molecule has 0 aromatic carbocycles. The third-order valence-corrected chi connectivity index (χ3v) is 0.183. The highest BCUT2D eigenvalue weighted by molar-refractivity contribution is 6.27. The Morgan fingerprint density at radius 3 is 1.44 bits per heavy atom. The molecule has 0 bridgehead atoms.